The highest BCUT2D eigenvalue weighted by Gasteiger charge is 2.38. The average Bonchev–Trinajstić information content (AvgIpc) is 2.62. The van der Waals surface area contributed by atoms with E-state index in [0.29, 0.717) is 0 Å². The molecule has 0 unspecified atom stereocenters. The molecule has 0 aromatic heterocycles. The summed E-state index contributed by atoms with van der Waals surface area (Å²) >= 11 is 3.08. The summed E-state index contributed by atoms with van der Waals surface area (Å²) in [6.45, 7) is -0.557. The SMILES string of the molecule is O=C(CN1C(=O)C(=O)c2cc(F)cc(Br)c21)NCCO. The van der Waals surface area contributed by atoms with E-state index in [9.17, 15) is 18.8 Å². The maximum Gasteiger partial charge on any atom is 0.299 e. The molecule has 2 N–H and O–H groups in total. The summed E-state index contributed by atoms with van der Waals surface area (Å²) in [5.74, 6) is -2.91. The second kappa shape index (κ2) is 5.68. The zero-order valence-electron chi connectivity index (χ0n) is 10.2. The molecule has 0 atom stereocenters. The van der Waals surface area contributed by atoms with E-state index < -0.39 is 23.4 Å². The first kappa shape index (κ1) is 14.6. The molecule has 0 fully saturated rings. The zero-order chi connectivity index (χ0) is 14.9. The molecular weight excluding hydrogens is 335 g/mol. The van der Waals surface area contributed by atoms with Crippen molar-refractivity contribution in [2.75, 3.05) is 24.6 Å². The van der Waals surface area contributed by atoms with E-state index >= 15 is 0 Å². The highest BCUT2D eigenvalue weighted by Crippen LogP contribution is 2.36. The van der Waals surface area contributed by atoms with E-state index in [-0.39, 0.29) is 35.4 Å². The molecule has 0 saturated heterocycles. The number of halogens is 2. The third-order valence-corrected chi connectivity index (χ3v) is 3.32. The first-order valence-electron chi connectivity index (χ1n) is 5.68. The molecular formula is C12H10BrFN2O4. The number of nitrogens with zero attached hydrogens (tertiary/aromatic N) is 1. The van der Waals surface area contributed by atoms with Gasteiger partial charge in [0, 0.05) is 11.0 Å². The number of nitrogens with one attached hydrogen (secondary N) is 1. The van der Waals surface area contributed by atoms with Gasteiger partial charge in [-0.05, 0) is 28.1 Å². The number of ketones is 1. The Balaban J connectivity index is 2.31. The first-order chi connectivity index (χ1) is 9.45. The zero-order valence-corrected chi connectivity index (χ0v) is 11.7. The minimum Gasteiger partial charge on any atom is -0.395 e. The molecule has 1 aliphatic heterocycles. The fourth-order valence-corrected chi connectivity index (χ4v) is 2.54. The lowest BCUT2D eigenvalue weighted by Crippen LogP contribution is -2.41. The van der Waals surface area contributed by atoms with Gasteiger partial charge in [-0.1, -0.05) is 0 Å². The summed E-state index contributed by atoms with van der Waals surface area (Å²) in [5, 5.41) is 11.0. The maximum absolute atomic E-state index is 13.3. The summed E-state index contributed by atoms with van der Waals surface area (Å²) in [6, 6.07) is 2.08. The standard InChI is InChI=1S/C12H10BrFN2O4/c13-8-4-6(14)3-7-10(8)16(12(20)11(7)19)5-9(18)15-1-2-17/h3-4,17H,1-2,5H2,(H,15,18). The Kier molecular flexibility index (Phi) is 4.15. The van der Waals surface area contributed by atoms with Crippen LogP contribution in [-0.2, 0) is 9.59 Å². The van der Waals surface area contributed by atoms with Gasteiger partial charge in [0.2, 0.25) is 5.91 Å². The van der Waals surface area contributed by atoms with Crippen LogP contribution in [0.3, 0.4) is 0 Å². The van der Waals surface area contributed by atoms with Gasteiger partial charge < -0.3 is 10.4 Å². The molecule has 2 amide bonds. The van der Waals surface area contributed by atoms with Crippen molar-refractivity contribution in [3.63, 3.8) is 0 Å². The van der Waals surface area contributed by atoms with E-state index in [1.807, 2.05) is 0 Å². The number of carbonyl (C=O) groups is 3. The van der Waals surface area contributed by atoms with Gasteiger partial charge in [0.05, 0.1) is 17.9 Å². The quantitative estimate of drug-likeness (QED) is 0.765. The molecule has 0 spiro atoms. The Labute approximate surface area is 121 Å². The van der Waals surface area contributed by atoms with Crippen LogP contribution in [-0.4, -0.2) is 42.4 Å². The first-order valence-corrected chi connectivity index (χ1v) is 6.47. The molecule has 8 heteroatoms. The number of hydrogen-bond donors (Lipinski definition) is 2. The summed E-state index contributed by atoms with van der Waals surface area (Å²) < 4.78 is 13.5. The Bertz CT molecular complexity index is 605. The van der Waals surface area contributed by atoms with Crippen LogP contribution in [0.4, 0.5) is 10.1 Å². The minimum absolute atomic E-state index is 0.0479. The number of amides is 2. The van der Waals surface area contributed by atoms with Crippen LogP contribution < -0.4 is 10.2 Å². The molecule has 1 heterocycles. The van der Waals surface area contributed by atoms with Gasteiger partial charge in [0.15, 0.2) is 0 Å². The largest absolute Gasteiger partial charge is 0.395 e. The molecule has 1 aromatic carbocycles. The molecule has 0 radical (unpaired) electrons. The molecule has 0 aliphatic carbocycles. The topological polar surface area (TPSA) is 86.7 Å². The van der Waals surface area contributed by atoms with Crippen LogP contribution >= 0.6 is 15.9 Å². The number of Topliss-reactive ketones (excluding diaryl/α,β-unsaturated/α-hetero) is 1. The highest BCUT2D eigenvalue weighted by molar-refractivity contribution is 9.10. The van der Waals surface area contributed by atoms with Crippen molar-refractivity contribution in [1.82, 2.24) is 5.32 Å². The van der Waals surface area contributed by atoms with Crippen molar-refractivity contribution in [3.05, 3.63) is 28.0 Å². The number of fused-ring (bicyclic) bond motifs is 1. The van der Waals surface area contributed by atoms with Gasteiger partial charge in [0.1, 0.15) is 12.4 Å². The van der Waals surface area contributed by atoms with Crippen molar-refractivity contribution in [1.29, 1.82) is 0 Å². The van der Waals surface area contributed by atoms with Crippen molar-refractivity contribution in [3.8, 4) is 0 Å². The van der Waals surface area contributed by atoms with Crippen molar-refractivity contribution >= 4 is 39.2 Å². The minimum atomic E-state index is -0.884. The molecule has 20 heavy (non-hydrogen) atoms. The molecule has 2 rings (SSSR count). The van der Waals surface area contributed by atoms with Crippen molar-refractivity contribution < 1.29 is 23.9 Å². The summed E-state index contributed by atoms with van der Waals surface area (Å²) in [5.41, 5.74) is 0.109. The summed E-state index contributed by atoms with van der Waals surface area (Å²) in [7, 11) is 0. The van der Waals surface area contributed by atoms with Gasteiger partial charge in [-0.25, -0.2) is 4.39 Å². The number of rotatable bonds is 4. The Morgan fingerprint density at radius 2 is 2.10 bits per heavy atom. The molecule has 0 bridgehead atoms. The second-order valence-corrected chi connectivity index (χ2v) is 4.93. The van der Waals surface area contributed by atoms with Gasteiger partial charge in [-0.15, -0.1) is 0 Å². The maximum atomic E-state index is 13.3. The van der Waals surface area contributed by atoms with Crippen molar-refractivity contribution in [2.24, 2.45) is 0 Å². The van der Waals surface area contributed by atoms with E-state index in [0.717, 1.165) is 17.0 Å². The number of hydrogen-bond acceptors (Lipinski definition) is 4. The number of aliphatic hydroxyl groups is 1. The fourth-order valence-electron chi connectivity index (χ4n) is 1.90. The normalized spacial score (nSPS) is 13.7. The third-order valence-electron chi connectivity index (χ3n) is 2.72. The van der Waals surface area contributed by atoms with E-state index in [2.05, 4.69) is 21.2 Å². The van der Waals surface area contributed by atoms with Crippen LogP contribution in [0.25, 0.3) is 0 Å². The summed E-state index contributed by atoms with van der Waals surface area (Å²) in [6.07, 6.45) is 0. The van der Waals surface area contributed by atoms with Gasteiger partial charge in [-0.2, -0.15) is 0 Å². The van der Waals surface area contributed by atoms with E-state index in [4.69, 9.17) is 5.11 Å². The predicted molar refractivity (Wildman–Crippen MR) is 70.9 cm³/mol. The van der Waals surface area contributed by atoms with E-state index in [1.54, 1.807) is 0 Å². The second-order valence-electron chi connectivity index (χ2n) is 4.08. The lowest BCUT2D eigenvalue weighted by Gasteiger charge is -2.17. The smallest absolute Gasteiger partial charge is 0.299 e. The van der Waals surface area contributed by atoms with Crippen LogP contribution in [0.1, 0.15) is 10.4 Å². The third kappa shape index (κ3) is 2.56. The van der Waals surface area contributed by atoms with E-state index in [1.165, 1.54) is 0 Å². The molecule has 1 aliphatic rings. The van der Waals surface area contributed by atoms with Gasteiger partial charge >= 0.3 is 0 Å². The Morgan fingerprint density at radius 1 is 1.40 bits per heavy atom. The van der Waals surface area contributed by atoms with Gasteiger partial charge in [-0.3, -0.25) is 19.3 Å². The Morgan fingerprint density at radius 3 is 2.75 bits per heavy atom. The highest BCUT2D eigenvalue weighted by atomic mass is 79.9. The van der Waals surface area contributed by atoms with Gasteiger partial charge in [0.25, 0.3) is 11.7 Å². The van der Waals surface area contributed by atoms with Crippen molar-refractivity contribution in [2.45, 2.75) is 0 Å². The predicted octanol–water partition coefficient (Wildman–Crippen LogP) is 0.226. The number of carbonyl (C=O) groups excluding carboxylic acids is 3. The van der Waals surface area contributed by atoms with Crippen LogP contribution in [0.2, 0.25) is 0 Å². The molecule has 6 nitrogen and oxygen atoms in total. The summed E-state index contributed by atoms with van der Waals surface area (Å²) in [4.78, 5) is 36.2. The molecule has 0 saturated carbocycles. The monoisotopic (exact) mass is 344 g/mol. The van der Waals surface area contributed by atoms with Crippen LogP contribution in [0.15, 0.2) is 16.6 Å². The lowest BCUT2D eigenvalue weighted by molar-refractivity contribution is -0.122. The number of anilines is 1. The van der Waals surface area contributed by atoms with Crippen LogP contribution in [0.5, 0.6) is 0 Å². The number of benzene rings is 1. The fraction of sp³-hybridized carbons (Fsp3) is 0.250. The Hall–Kier alpha value is -1.80. The molecule has 106 valence electrons. The molecule has 1 aromatic rings. The average molecular weight is 345 g/mol. The van der Waals surface area contributed by atoms with Crippen LogP contribution in [0, 0.1) is 5.82 Å². The lowest BCUT2D eigenvalue weighted by atomic mass is 10.1. The number of aliphatic hydroxyl groups excluding tert-OH is 1.